The third-order valence-corrected chi connectivity index (χ3v) is 4.03. The van der Waals surface area contributed by atoms with E-state index in [9.17, 15) is 9.59 Å². The third kappa shape index (κ3) is 5.63. The van der Waals surface area contributed by atoms with E-state index in [4.69, 9.17) is 21.1 Å². The number of esters is 1. The van der Waals surface area contributed by atoms with Gasteiger partial charge in [-0.3, -0.25) is 4.79 Å². The van der Waals surface area contributed by atoms with Gasteiger partial charge in [-0.2, -0.15) is 0 Å². The van der Waals surface area contributed by atoms with E-state index in [0.717, 1.165) is 11.1 Å². The molecular weight excluding hydrogens is 354 g/mol. The van der Waals surface area contributed by atoms with Crippen molar-refractivity contribution in [2.45, 2.75) is 20.0 Å². The summed E-state index contributed by atoms with van der Waals surface area (Å²) < 4.78 is 10.2. The molecule has 2 aromatic rings. The normalized spacial score (nSPS) is 11.8. The average Bonchev–Trinajstić information content (AvgIpc) is 2.63. The van der Waals surface area contributed by atoms with Gasteiger partial charge >= 0.3 is 5.97 Å². The number of hydrogen-bond donors (Lipinski definition) is 1. The Bertz CT molecular complexity index is 815. The van der Waals surface area contributed by atoms with Crippen LogP contribution in [0.25, 0.3) is 6.08 Å². The first kappa shape index (κ1) is 19.5. The van der Waals surface area contributed by atoms with E-state index < -0.39 is 18.0 Å². The number of anilines is 1. The second kappa shape index (κ2) is 9.06. The van der Waals surface area contributed by atoms with Crippen LogP contribution in [0.15, 0.2) is 48.5 Å². The van der Waals surface area contributed by atoms with Gasteiger partial charge in [0, 0.05) is 16.8 Å². The number of amides is 1. The molecule has 1 atom stereocenters. The Hall–Kier alpha value is -2.79. The maximum absolute atomic E-state index is 12.1. The lowest BCUT2D eigenvalue weighted by atomic mass is 10.1. The van der Waals surface area contributed by atoms with Crippen LogP contribution in [0.3, 0.4) is 0 Å². The Morgan fingerprint density at radius 3 is 2.46 bits per heavy atom. The molecule has 0 aliphatic carbocycles. The molecule has 0 aliphatic heterocycles. The molecule has 26 heavy (non-hydrogen) atoms. The van der Waals surface area contributed by atoms with Crippen LogP contribution in [-0.4, -0.2) is 25.1 Å². The number of hydrogen-bond acceptors (Lipinski definition) is 4. The van der Waals surface area contributed by atoms with Gasteiger partial charge in [-0.1, -0.05) is 23.7 Å². The molecule has 0 saturated carbocycles. The van der Waals surface area contributed by atoms with Crippen molar-refractivity contribution in [2.75, 3.05) is 12.4 Å². The molecule has 0 unspecified atom stereocenters. The van der Waals surface area contributed by atoms with E-state index in [-0.39, 0.29) is 0 Å². The zero-order chi connectivity index (χ0) is 19.1. The van der Waals surface area contributed by atoms with Crippen LogP contribution in [0, 0.1) is 6.92 Å². The lowest BCUT2D eigenvalue weighted by Gasteiger charge is -2.12. The summed E-state index contributed by atoms with van der Waals surface area (Å²) in [5.41, 5.74) is 2.31. The smallest absolute Gasteiger partial charge is 0.331 e. The van der Waals surface area contributed by atoms with Crippen LogP contribution < -0.4 is 10.1 Å². The number of ether oxygens (including phenoxy) is 2. The van der Waals surface area contributed by atoms with Gasteiger partial charge < -0.3 is 14.8 Å². The molecule has 0 radical (unpaired) electrons. The Morgan fingerprint density at radius 1 is 1.15 bits per heavy atom. The summed E-state index contributed by atoms with van der Waals surface area (Å²) >= 11 is 6.04. The molecule has 136 valence electrons. The van der Waals surface area contributed by atoms with Crippen molar-refractivity contribution in [3.63, 3.8) is 0 Å². The minimum Gasteiger partial charge on any atom is -0.497 e. The topological polar surface area (TPSA) is 64.6 Å². The van der Waals surface area contributed by atoms with Gasteiger partial charge in [0.25, 0.3) is 5.91 Å². The number of rotatable bonds is 6. The fourth-order valence-corrected chi connectivity index (χ4v) is 2.25. The zero-order valence-corrected chi connectivity index (χ0v) is 15.5. The molecule has 1 N–H and O–H groups in total. The van der Waals surface area contributed by atoms with E-state index in [0.29, 0.717) is 16.5 Å². The number of carbonyl (C=O) groups excluding carboxylic acids is 2. The highest BCUT2D eigenvalue weighted by molar-refractivity contribution is 6.31. The maximum Gasteiger partial charge on any atom is 0.331 e. The highest BCUT2D eigenvalue weighted by Crippen LogP contribution is 2.18. The molecule has 0 bridgehead atoms. The maximum atomic E-state index is 12.1. The van der Waals surface area contributed by atoms with E-state index in [1.807, 2.05) is 19.1 Å². The quantitative estimate of drug-likeness (QED) is 0.607. The Kier molecular flexibility index (Phi) is 6.81. The first-order valence-electron chi connectivity index (χ1n) is 7.99. The van der Waals surface area contributed by atoms with Crippen LogP contribution in [-0.2, 0) is 14.3 Å². The largest absolute Gasteiger partial charge is 0.497 e. The van der Waals surface area contributed by atoms with Gasteiger partial charge in [-0.15, -0.1) is 0 Å². The molecular formula is C20H20ClNO4. The fourth-order valence-electron chi connectivity index (χ4n) is 2.06. The van der Waals surface area contributed by atoms with E-state index in [2.05, 4.69) is 5.32 Å². The zero-order valence-electron chi connectivity index (χ0n) is 14.8. The summed E-state index contributed by atoms with van der Waals surface area (Å²) in [6.07, 6.45) is 1.91. The van der Waals surface area contributed by atoms with Crippen molar-refractivity contribution >= 4 is 35.2 Å². The first-order chi connectivity index (χ1) is 12.4. The molecule has 0 spiro atoms. The Labute approximate surface area is 157 Å². The molecule has 6 heteroatoms. The number of halogens is 1. The fraction of sp³-hybridized carbons (Fsp3) is 0.200. The molecule has 0 saturated heterocycles. The van der Waals surface area contributed by atoms with Crippen molar-refractivity contribution in [2.24, 2.45) is 0 Å². The highest BCUT2D eigenvalue weighted by Gasteiger charge is 2.16. The Balaban J connectivity index is 1.89. The standard InChI is InChI=1S/C20H20ClNO4/c1-13-4-5-15(12-18(13)21)6-11-19(23)26-14(2)20(24)22-16-7-9-17(25-3)10-8-16/h4-12,14H,1-3H3,(H,22,24)/b11-6+/t14-/m1/s1. The summed E-state index contributed by atoms with van der Waals surface area (Å²) in [4.78, 5) is 24.0. The SMILES string of the molecule is COc1ccc(NC(=O)[C@@H](C)OC(=O)/C=C/c2ccc(C)c(Cl)c2)cc1. The predicted octanol–water partition coefficient (Wildman–Crippen LogP) is 4.24. The van der Waals surface area contributed by atoms with Gasteiger partial charge in [-0.25, -0.2) is 4.79 Å². The minimum atomic E-state index is -0.934. The predicted molar refractivity (Wildman–Crippen MR) is 102 cm³/mol. The van der Waals surface area contributed by atoms with Gasteiger partial charge in [0.05, 0.1) is 7.11 Å². The molecule has 0 aliphatic rings. The van der Waals surface area contributed by atoms with Gasteiger partial charge in [0.1, 0.15) is 5.75 Å². The second-order valence-corrected chi connectivity index (χ2v) is 6.05. The summed E-state index contributed by atoms with van der Waals surface area (Å²) in [5.74, 6) is -0.349. The van der Waals surface area contributed by atoms with Crippen molar-refractivity contribution in [3.05, 3.63) is 64.7 Å². The number of nitrogens with one attached hydrogen (secondary N) is 1. The van der Waals surface area contributed by atoms with Crippen molar-refractivity contribution in [1.29, 1.82) is 0 Å². The van der Waals surface area contributed by atoms with Crippen molar-refractivity contribution in [1.82, 2.24) is 0 Å². The molecule has 2 rings (SSSR count). The van der Waals surface area contributed by atoms with Crippen molar-refractivity contribution < 1.29 is 19.1 Å². The lowest BCUT2D eigenvalue weighted by Crippen LogP contribution is -2.29. The minimum absolute atomic E-state index is 0.421. The van der Waals surface area contributed by atoms with Crippen LogP contribution >= 0.6 is 11.6 Å². The molecule has 2 aromatic carbocycles. The van der Waals surface area contributed by atoms with E-state index >= 15 is 0 Å². The van der Waals surface area contributed by atoms with Gasteiger partial charge in [-0.05, 0) is 61.4 Å². The molecule has 5 nitrogen and oxygen atoms in total. The summed E-state index contributed by atoms with van der Waals surface area (Å²) in [5, 5.41) is 3.29. The number of aryl methyl sites for hydroxylation is 1. The second-order valence-electron chi connectivity index (χ2n) is 5.64. The number of benzene rings is 2. The summed E-state index contributed by atoms with van der Waals surface area (Å²) in [6.45, 7) is 3.40. The van der Waals surface area contributed by atoms with Crippen LogP contribution in [0.1, 0.15) is 18.1 Å². The van der Waals surface area contributed by atoms with Crippen molar-refractivity contribution in [3.8, 4) is 5.75 Å². The Morgan fingerprint density at radius 2 is 1.85 bits per heavy atom. The van der Waals surface area contributed by atoms with Crippen LogP contribution in [0.4, 0.5) is 5.69 Å². The molecule has 0 fully saturated rings. The van der Waals surface area contributed by atoms with Gasteiger partial charge in [0.15, 0.2) is 6.10 Å². The monoisotopic (exact) mass is 373 g/mol. The highest BCUT2D eigenvalue weighted by atomic mass is 35.5. The first-order valence-corrected chi connectivity index (χ1v) is 8.36. The summed E-state index contributed by atoms with van der Waals surface area (Å²) in [7, 11) is 1.56. The molecule has 0 aromatic heterocycles. The molecule has 0 heterocycles. The van der Waals surface area contributed by atoms with Crippen LogP contribution in [0.2, 0.25) is 5.02 Å². The van der Waals surface area contributed by atoms with E-state index in [1.54, 1.807) is 43.5 Å². The number of carbonyl (C=O) groups is 2. The molecule has 1 amide bonds. The summed E-state index contributed by atoms with van der Waals surface area (Å²) in [6, 6.07) is 12.3. The van der Waals surface area contributed by atoms with Crippen LogP contribution in [0.5, 0.6) is 5.75 Å². The van der Waals surface area contributed by atoms with E-state index in [1.165, 1.54) is 13.0 Å². The van der Waals surface area contributed by atoms with Gasteiger partial charge in [0.2, 0.25) is 0 Å². The lowest BCUT2D eigenvalue weighted by molar-refractivity contribution is -0.148. The average molecular weight is 374 g/mol. The third-order valence-electron chi connectivity index (χ3n) is 3.63. The number of methoxy groups -OCH3 is 1.